The molecule has 4 rings (SSSR count). The summed E-state index contributed by atoms with van der Waals surface area (Å²) in [6, 6.07) is 7.55. The second-order valence-electron chi connectivity index (χ2n) is 6.13. The van der Waals surface area contributed by atoms with E-state index < -0.39 is 0 Å². The Morgan fingerprint density at radius 3 is 2.81 bits per heavy atom. The summed E-state index contributed by atoms with van der Waals surface area (Å²) in [5.74, 6) is -0.0415. The molecule has 1 aromatic carbocycles. The predicted octanol–water partition coefficient (Wildman–Crippen LogP) is 2.35. The fourth-order valence-corrected chi connectivity index (χ4v) is 3.43. The first-order valence-corrected chi connectivity index (χ1v) is 8.47. The smallest absolute Gasteiger partial charge is 0.246 e. The molecule has 0 bridgehead atoms. The standard InChI is InChI=1S/C18H15ClN6O/c1-23-10-14(9-22-23)25-5-4-24(11-17(25)26)18-12(7-20)8-21-16-3-2-13(19)6-15(16)18/h2-3,6,8-10H,4-5,11H2,1H3. The first-order chi connectivity index (χ1) is 12.6. The number of anilines is 2. The molecule has 26 heavy (non-hydrogen) atoms. The molecular formula is C18H15ClN6O. The molecule has 0 spiro atoms. The van der Waals surface area contributed by atoms with Crippen LogP contribution < -0.4 is 9.80 Å². The van der Waals surface area contributed by atoms with E-state index in [2.05, 4.69) is 16.2 Å². The molecule has 0 saturated carbocycles. The molecule has 1 fully saturated rings. The van der Waals surface area contributed by atoms with E-state index in [1.54, 1.807) is 34.1 Å². The van der Waals surface area contributed by atoms with Crippen LogP contribution in [0.15, 0.2) is 36.8 Å². The van der Waals surface area contributed by atoms with Gasteiger partial charge in [0.25, 0.3) is 0 Å². The van der Waals surface area contributed by atoms with Crippen molar-refractivity contribution in [3.8, 4) is 6.07 Å². The van der Waals surface area contributed by atoms with E-state index in [0.717, 1.165) is 16.6 Å². The Morgan fingerprint density at radius 2 is 2.12 bits per heavy atom. The number of pyridine rings is 1. The Bertz CT molecular complexity index is 1050. The number of aromatic nitrogens is 3. The van der Waals surface area contributed by atoms with Crippen molar-refractivity contribution in [3.63, 3.8) is 0 Å². The van der Waals surface area contributed by atoms with E-state index in [1.807, 2.05) is 24.2 Å². The van der Waals surface area contributed by atoms with Gasteiger partial charge in [-0.3, -0.25) is 14.5 Å². The predicted molar refractivity (Wildman–Crippen MR) is 99.2 cm³/mol. The number of rotatable bonds is 2. The summed E-state index contributed by atoms with van der Waals surface area (Å²) < 4.78 is 1.67. The normalized spacial score (nSPS) is 14.7. The highest BCUT2D eigenvalue weighted by Crippen LogP contribution is 2.32. The van der Waals surface area contributed by atoms with Crippen LogP contribution in [0.1, 0.15) is 5.56 Å². The van der Waals surface area contributed by atoms with Crippen LogP contribution in [0.25, 0.3) is 10.9 Å². The van der Waals surface area contributed by atoms with Crippen molar-refractivity contribution in [1.29, 1.82) is 5.26 Å². The van der Waals surface area contributed by atoms with Gasteiger partial charge in [-0.1, -0.05) is 11.6 Å². The number of fused-ring (bicyclic) bond motifs is 1. The number of hydrogen-bond acceptors (Lipinski definition) is 5. The minimum Gasteiger partial charge on any atom is -0.359 e. The van der Waals surface area contributed by atoms with Gasteiger partial charge in [-0.15, -0.1) is 0 Å². The minimum atomic E-state index is -0.0415. The van der Waals surface area contributed by atoms with Gasteiger partial charge in [0, 0.05) is 42.9 Å². The van der Waals surface area contributed by atoms with Crippen LogP contribution in [0.2, 0.25) is 5.02 Å². The molecule has 3 aromatic rings. The minimum absolute atomic E-state index is 0.0415. The number of nitrogens with zero attached hydrogens (tertiary/aromatic N) is 6. The zero-order chi connectivity index (χ0) is 18.3. The van der Waals surface area contributed by atoms with E-state index in [4.69, 9.17) is 11.6 Å². The third kappa shape index (κ3) is 2.74. The summed E-state index contributed by atoms with van der Waals surface area (Å²) in [5, 5.41) is 15.0. The summed E-state index contributed by atoms with van der Waals surface area (Å²) in [4.78, 5) is 20.7. The van der Waals surface area contributed by atoms with Gasteiger partial charge < -0.3 is 9.80 Å². The van der Waals surface area contributed by atoms with Crippen LogP contribution in [0.5, 0.6) is 0 Å². The van der Waals surface area contributed by atoms with Crippen LogP contribution in [-0.4, -0.2) is 40.3 Å². The lowest BCUT2D eigenvalue weighted by Gasteiger charge is -2.35. The molecule has 7 nitrogen and oxygen atoms in total. The van der Waals surface area contributed by atoms with Crippen molar-refractivity contribution < 1.29 is 4.79 Å². The van der Waals surface area contributed by atoms with Crippen molar-refractivity contribution in [2.75, 3.05) is 29.4 Å². The Hall–Kier alpha value is -3.11. The molecule has 0 unspecified atom stereocenters. The fourth-order valence-electron chi connectivity index (χ4n) is 3.26. The number of benzene rings is 1. The Labute approximate surface area is 155 Å². The zero-order valence-electron chi connectivity index (χ0n) is 14.1. The number of nitriles is 1. The van der Waals surface area contributed by atoms with Crippen molar-refractivity contribution in [2.45, 2.75) is 0 Å². The molecule has 2 aromatic heterocycles. The van der Waals surface area contributed by atoms with Crippen LogP contribution in [0, 0.1) is 11.3 Å². The first kappa shape index (κ1) is 16.4. The summed E-state index contributed by atoms with van der Waals surface area (Å²) in [5.41, 5.74) is 2.66. The monoisotopic (exact) mass is 366 g/mol. The second kappa shape index (κ2) is 6.32. The first-order valence-electron chi connectivity index (χ1n) is 8.09. The highest BCUT2D eigenvalue weighted by atomic mass is 35.5. The van der Waals surface area contributed by atoms with Gasteiger partial charge in [-0.25, -0.2) is 0 Å². The van der Waals surface area contributed by atoms with Gasteiger partial charge in [0.05, 0.1) is 35.2 Å². The summed E-state index contributed by atoms with van der Waals surface area (Å²) >= 11 is 6.15. The van der Waals surface area contributed by atoms with Crippen LogP contribution in [0.4, 0.5) is 11.4 Å². The molecule has 1 aliphatic heterocycles. The van der Waals surface area contributed by atoms with Crippen molar-refractivity contribution in [1.82, 2.24) is 14.8 Å². The molecule has 1 saturated heterocycles. The zero-order valence-corrected chi connectivity index (χ0v) is 14.8. The van der Waals surface area contributed by atoms with Gasteiger partial charge in [-0.2, -0.15) is 10.4 Å². The van der Waals surface area contributed by atoms with Gasteiger partial charge in [0.1, 0.15) is 6.07 Å². The molecule has 0 N–H and O–H groups in total. The number of carbonyl (C=O) groups is 1. The topological polar surface area (TPSA) is 78.0 Å². The summed E-state index contributed by atoms with van der Waals surface area (Å²) in [6.07, 6.45) is 5.04. The molecule has 3 heterocycles. The third-order valence-electron chi connectivity index (χ3n) is 4.46. The number of hydrogen-bond donors (Lipinski definition) is 0. The maximum atomic E-state index is 12.7. The quantitative estimate of drug-likeness (QED) is 0.695. The van der Waals surface area contributed by atoms with Crippen molar-refractivity contribution in [3.05, 3.63) is 47.4 Å². The maximum Gasteiger partial charge on any atom is 0.246 e. The van der Waals surface area contributed by atoms with Gasteiger partial charge in [-0.05, 0) is 18.2 Å². The van der Waals surface area contributed by atoms with E-state index in [0.29, 0.717) is 29.4 Å². The molecule has 0 aliphatic carbocycles. The second-order valence-corrected chi connectivity index (χ2v) is 6.57. The number of piperazine rings is 1. The van der Waals surface area contributed by atoms with E-state index in [-0.39, 0.29) is 12.5 Å². The molecule has 0 atom stereocenters. The number of amides is 1. The number of halogens is 1. The van der Waals surface area contributed by atoms with E-state index >= 15 is 0 Å². The largest absolute Gasteiger partial charge is 0.359 e. The average Bonchev–Trinajstić information content (AvgIpc) is 3.06. The van der Waals surface area contributed by atoms with E-state index in [1.165, 1.54) is 0 Å². The van der Waals surface area contributed by atoms with Crippen LogP contribution >= 0.6 is 11.6 Å². The van der Waals surface area contributed by atoms with Crippen LogP contribution in [0.3, 0.4) is 0 Å². The highest BCUT2D eigenvalue weighted by molar-refractivity contribution is 6.31. The Balaban J connectivity index is 1.72. The molecule has 1 amide bonds. The lowest BCUT2D eigenvalue weighted by atomic mass is 10.1. The van der Waals surface area contributed by atoms with Gasteiger partial charge >= 0.3 is 0 Å². The van der Waals surface area contributed by atoms with E-state index in [9.17, 15) is 10.1 Å². The molecule has 130 valence electrons. The summed E-state index contributed by atoms with van der Waals surface area (Å²) in [7, 11) is 1.82. The number of carbonyl (C=O) groups excluding carboxylic acids is 1. The number of aryl methyl sites for hydroxylation is 1. The van der Waals surface area contributed by atoms with Gasteiger partial charge in [0.15, 0.2) is 0 Å². The molecule has 0 radical (unpaired) electrons. The van der Waals surface area contributed by atoms with Crippen molar-refractivity contribution in [2.24, 2.45) is 7.05 Å². The Morgan fingerprint density at radius 1 is 1.27 bits per heavy atom. The average molecular weight is 367 g/mol. The lowest BCUT2D eigenvalue weighted by molar-refractivity contribution is -0.117. The van der Waals surface area contributed by atoms with Crippen molar-refractivity contribution >= 4 is 39.8 Å². The Kier molecular flexibility index (Phi) is 3.98. The summed E-state index contributed by atoms with van der Waals surface area (Å²) in [6.45, 7) is 1.29. The highest BCUT2D eigenvalue weighted by Gasteiger charge is 2.28. The molecular weight excluding hydrogens is 352 g/mol. The molecule has 1 aliphatic rings. The third-order valence-corrected chi connectivity index (χ3v) is 4.70. The SMILES string of the molecule is Cn1cc(N2CCN(c3c(C#N)cnc4ccc(Cl)cc34)CC2=O)cn1. The van der Waals surface area contributed by atoms with Gasteiger partial charge in [0.2, 0.25) is 5.91 Å². The molecule has 8 heteroatoms. The maximum absolute atomic E-state index is 12.7. The van der Waals surface area contributed by atoms with Crippen LogP contribution in [-0.2, 0) is 11.8 Å². The lowest BCUT2D eigenvalue weighted by Crippen LogP contribution is -2.50. The fraction of sp³-hybridized carbons (Fsp3) is 0.222.